The zero-order chi connectivity index (χ0) is 18.7. The van der Waals surface area contributed by atoms with Gasteiger partial charge in [0.15, 0.2) is 11.5 Å². The van der Waals surface area contributed by atoms with Gasteiger partial charge in [-0.3, -0.25) is 0 Å². The first kappa shape index (κ1) is 17.9. The maximum atomic E-state index is 12.0. The lowest BCUT2D eigenvalue weighted by molar-refractivity contribution is -0.268. The summed E-state index contributed by atoms with van der Waals surface area (Å²) in [5, 5.41) is 30.9. The average molecular weight is 347 g/mol. The number of carbonyl (C=O) groups excluding carboxylic acids is 1. The summed E-state index contributed by atoms with van der Waals surface area (Å²) < 4.78 is 15.3. The number of carbonyl (C=O) groups is 2. The van der Waals surface area contributed by atoms with Crippen molar-refractivity contribution in [3.8, 4) is 28.7 Å². The number of aromatic hydroxyl groups is 1. The highest BCUT2D eigenvalue weighted by atomic mass is 16.5. The lowest BCUT2D eigenvalue weighted by Gasteiger charge is -2.19. The summed E-state index contributed by atoms with van der Waals surface area (Å²) in [5.41, 5.74) is -0.302. The average Bonchev–Trinajstić information content (AvgIpc) is 2.54. The maximum Gasteiger partial charge on any atom is 0.341 e. The Labute approximate surface area is 142 Å². The summed E-state index contributed by atoms with van der Waals surface area (Å²) in [6.45, 7) is 1.59. The van der Waals surface area contributed by atoms with Crippen LogP contribution in [0.5, 0.6) is 28.7 Å². The number of ether oxygens (including phenoxy) is 3. The Bertz CT molecular complexity index is 841. The lowest BCUT2D eigenvalue weighted by atomic mass is 10.1. The molecule has 0 spiro atoms. The first-order valence-electron chi connectivity index (χ1n) is 7.00. The number of aryl methyl sites for hydroxylation is 1. The normalized spacial score (nSPS) is 10.2. The van der Waals surface area contributed by atoms with Crippen LogP contribution < -0.4 is 14.6 Å². The van der Waals surface area contributed by atoms with Gasteiger partial charge in [-0.05, 0) is 24.6 Å². The fourth-order valence-electron chi connectivity index (χ4n) is 2.23. The van der Waals surface area contributed by atoms with Crippen LogP contribution in [0.15, 0.2) is 24.3 Å². The number of aromatic carboxylic acids is 1. The Morgan fingerprint density at radius 3 is 2.32 bits per heavy atom. The standard InChI is InChI=1S/C17H16O8/c1-8-4-11(19)14(16(20)21)12(5-8)25-15-10(17(22)24-3)6-9(18)7-13(15)23-2/h4-7,18-19H,1-3H3,(H,20,21)/p-1. The van der Waals surface area contributed by atoms with E-state index in [9.17, 15) is 24.9 Å². The highest BCUT2D eigenvalue weighted by Crippen LogP contribution is 2.41. The van der Waals surface area contributed by atoms with E-state index in [1.54, 1.807) is 6.92 Å². The highest BCUT2D eigenvalue weighted by Gasteiger charge is 2.23. The monoisotopic (exact) mass is 347 g/mol. The van der Waals surface area contributed by atoms with Crippen LogP contribution >= 0.6 is 0 Å². The number of hydrogen-bond acceptors (Lipinski definition) is 7. The van der Waals surface area contributed by atoms with E-state index in [-0.39, 0.29) is 28.6 Å². The van der Waals surface area contributed by atoms with Gasteiger partial charge in [-0.25, -0.2) is 9.59 Å². The molecule has 0 saturated heterocycles. The van der Waals surface area contributed by atoms with Gasteiger partial charge in [-0.1, -0.05) is 11.8 Å². The first-order valence-corrected chi connectivity index (χ1v) is 7.00. The molecule has 8 nitrogen and oxygen atoms in total. The van der Waals surface area contributed by atoms with Crippen molar-refractivity contribution in [1.29, 1.82) is 0 Å². The van der Waals surface area contributed by atoms with Gasteiger partial charge in [-0.15, -0.1) is 0 Å². The van der Waals surface area contributed by atoms with Crippen LogP contribution in [-0.4, -0.2) is 36.4 Å². The molecule has 2 rings (SSSR count). The second-order valence-electron chi connectivity index (χ2n) is 5.06. The van der Waals surface area contributed by atoms with Gasteiger partial charge in [-0.2, -0.15) is 0 Å². The van der Waals surface area contributed by atoms with Crippen molar-refractivity contribution in [2.24, 2.45) is 0 Å². The largest absolute Gasteiger partial charge is 0.872 e. The van der Waals surface area contributed by atoms with Gasteiger partial charge in [0.25, 0.3) is 0 Å². The Kier molecular flexibility index (Phi) is 5.02. The van der Waals surface area contributed by atoms with Gasteiger partial charge < -0.3 is 29.5 Å². The molecule has 0 amide bonds. The van der Waals surface area contributed by atoms with Gasteiger partial charge >= 0.3 is 11.9 Å². The second-order valence-corrected chi connectivity index (χ2v) is 5.06. The molecule has 0 aliphatic rings. The van der Waals surface area contributed by atoms with Crippen molar-refractivity contribution in [2.45, 2.75) is 6.92 Å². The molecule has 0 heterocycles. The molecule has 8 heteroatoms. The van der Waals surface area contributed by atoms with Crippen molar-refractivity contribution in [2.75, 3.05) is 14.2 Å². The van der Waals surface area contributed by atoms with Gasteiger partial charge in [0, 0.05) is 6.07 Å². The van der Waals surface area contributed by atoms with E-state index < -0.39 is 23.3 Å². The Morgan fingerprint density at radius 1 is 1.08 bits per heavy atom. The van der Waals surface area contributed by atoms with Crippen molar-refractivity contribution in [1.82, 2.24) is 0 Å². The smallest absolute Gasteiger partial charge is 0.341 e. The summed E-state index contributed by atoms with van der Waals surface area (Å²) in [6.07, 6.45) is 0. The Morgan fingerprint density at radius 2 is 1.76 bits per heavy atom. The summed E-state index contributed by atoms with van der Waals surface area (Å²) >= 11 is 0. The third-order valence-electron chi connectivity index (χ3n) is 3.30. The van der Waals surface area contributed by atoms with E-state index in [2.05, 4.69) is 4.74 Å². The predicted molar refractivity (Wildman–Crippen MR) is 83.7 cm³/mol. The van der Waals surface area contributed by atoms with Crippen LogP contribution in [0, 0.1) is 6.92 Å². The highest BCUT2D eigenvalue weighted by molar-refractivity contribution is 5.96. The third kappa shape index (κ3) is 3.57. The molecule has 0 unspecified atom stereocenters. The number of phenols is 1. The zero-order valence-corrected chi connectivity index (χ0v) is 13.7. The zero-order valence-electron chi connectivity index (χ0n) is 13.7. The van der Waals surface area contributed by atoms with E-state index in [0.29, 0.717) is 5.56 Å². The van der Waals surface area contributed by atoms with Crippen LogP contribution in [0.1, 0.15) is 26.3 Å². The van der Waals surface area contributed by atoms with Crippen LogP contribution in [-0.2, 0) is 4.74 Å². The van der Waals surface area contributed by atoms with E-state index in [0.717, 1.165) is 19.2 Å². The second kappa shape index (κ2) is 7.00. The molecule has 132 valence electrons. The van der Waals surface area contributed by atoms with Gasteiger partial charge in [0.05, 0.1) is 19.8 Å². The van der Waals surface area contributed by atoms with Crippen molar-refractivity contribution in [3.63, 3.8) is 0 Å². The molecule has 25 heavy (non-hydrogen) atoms. The maximum absolute atomic E-state index is 12.0. The van der Waals surface area contributed by atoms with Crippen LogP contribution in [0.2, 0.25) is 0 Å². The number of methoxy groups -OCH3 is 2. The third-order valence-corrected chi connectivity index (χ3v) is 3.30. The SMILES string of the molecule is COC(=O)c1cc(O)cc(OC)c1Oc1cc(C)cc([O-])c1C(=O)O. The molecule has 0 saturated carbocycles. The van der Waals surface area contributed by atoms with Gasteiger partial charge in [0.2, 0.25) is 0 Å². The topological polar surface area (TPSA) is 125 Å². The fourth-order valence-corrected chi connectivity index (χ4v) is 2.23. The number of esters is 1. The molecule has 0 radical (unpaired) electrons. The summed E-state index contributed by atoms with van der Waals surface area (Å²) in [5.74, 6) is -3.80. The molecule has 2 aromatic rings. The number of carboxylic acids is 1. The lowest BCUT2D eigenvalue weighted by Crippen LogP contribution is -2.09. The molecular weight excluding hydrogens is 332 g/mol. The minimum atomic E-state index is -1.47. The molecule has 0 aliphatic heterocycles. The predicted octanol–water partition coefficient (Wildman–Crippen LogP) is 2.06. The fraction of sp³-hybridized carbons (Fsp3) is 0.176. The Balaban J connectivity index is 2.69. The first-order chi connectivity index (χ1) is 11.8. The number of phenolic OH excluding ortho intramolecular Hbond substituents is 1. The summed E-state index contributed by atoms with van der Waals surface area (Å²) in [7, 11) is 2.41. The number of hydrogen-bond donors (Lipinski definition) is 2. The molecule has 0 aromatic heterocycles. The molecule has 0 aliphatic carbocycles. The number of rotatable bonds is 5. The molecule has 2 N–H and O–H groups in total. The van der Waals surface area contributed by atoms with E-state index in [1.165, 1.54) is 19.2 Å². The quantitative estimate of drug-likeness (QED) is 0.787. The summed E-state index contributed by atoms with van der Waals surface area (Å²) in [4.78, 5) is 23.3. The number of carboxylic acid groups (broad SMARTS) is 1. The van der Waals surface area contributed by atoms with E-state index in [1.807, 2.05) is 0 Å². The van der Waals surface area contributed by atoms with Crippen molar-refractivity contribution >= 4 is 11.9 Å². The van der Waals surface area contributed by atoms with E-state index in [4.69, 9.17) is 9.47 Å². The molecule has 0 fully saturated rings. The van der Waals surface area contributed by atoms with Crippen LogP contribution in [0.4, 0.5) is 0 Å². The Hall–Kier alpha value is -3.42. The van der Waals surface area contributed by atoms with Crippen molar-refractivity contribution < 1.29 is 39.1 Å². The summed E-state index contributed by atoms with van der Waals surface area (Å²) in [6, 6.07) is 4.76. The minimum absolute atomic E-state index is 0.0364. The molecular formula is C17H15O8-. The number of benzene rings is 2. The van der Waals surface area contributed by atoms with Crippen LogP contribution in [0.25, 0.3) is 0 Å². The van der Waals surface area contributed by atoms with E-state index >= 15 is 0 Å². The molecule has 0 bridgehead atoms. The van der Waals surface area contributed by atoms with Crippen LogP contribution in [0.3, 0.4) is 0 Å². The molecule has 2 aromatic carbocycles. The van der Waals surface area contributed by atoms with Crippen molar-refractivity contribution in [3.05, 3.63) is 41.0 Å². The molecule has 0 atom stereocenters. The van der Waals surface area contributed by atoms with Gasteiger partial charge in [0.1, 0.15) is 17.1 Å². The minimum Gasteiger partial charge on any atom is -0.872 e.